The molecule has 5 nitrogen and oxygen atoms in total. The number of ether oxygens (including phenoxy) is 2. The van der Waals surface area contributed by atoms with Crippen LogP contribution in [0.2, 0.25) is 5.02 Å². The van der Waals surface area contributed by atoms with Crippen LogP contribution in [0.5, 0.6) is 5.75 Å². The SMILES string of the molecule is CCOC(=O)/C=C/C(=O)N1CC(c2ccccc2)Oc2c(C)cc(Cl)cc21. The fourth-order valence-corrected chi connectivity index (χ4v) is 3.25. The Hall–Kier alpha value is -2.79. The zero-order valence-corrected chi connectivity index (χ0v) is 15.9. The van der Waals surface area contributed by atoms with Crippen molar-refractivity contribution in [2.75, 3.05) is 18.1 Å². The Labute approximate surface area is 163 Å². The molecule has 2 aromatic rings. The fraction of sp³-hybridized carbons (Fsp3) is 0.238. The van der Waals surface area contributed by atoms with Crippen LogP contribution in [0.25, 0.3) is 0 Å². The molecule has 0 saturated carbocycles. The smallest absolute Gasteiger partial charge is 0.330 e. The Morgan fingerprint density at radius 2 is 2.00 bits per heavy atom. The van der Waals surface area contributed by atoms with Crippen LogP contribution in [0, 0.1) is 6.92 Å². The monoisotopic (exact) mass is 385 g/mol. The number of rotatable bonds is 4. The van der Waals surface area contributed by atoms with Crippen LogP contribution in [-0.2, 0) is 14.3 Å². The number of aryl methyl sites for hydroxylation is 1. The van der Waals surface area contributed by atoms with Gasteiger partial charge in [0.15, 0.2) is 0 Å². The second-order valence-electron chi connectivity index (χ2n) is 6.12. The third-order valence-electron chi connectivity index (χ3n) is 4.21. The summed E-state index contributed by atoms with van der Waals surface area (Å²) in [6.45, 7) is 4.15. The maximum absolute atomic E-state index is 12.8. The van der Waals surface area contributed by atoms with Gasteiger partial charge in [0.1, 0.15) is 11.9 Å². The Morgan fingerprint density at radius 1 is 1.26 bits per heavy atom. The molecule has 1 unspecified atom stereocenters. The molecule has 140 valence electrons. The molecule has 1 heterocycles. The maximum Gasteiger partial charge on any atom is 0.330 e. The van der Waals surface area contributed by atoms with E-state index in [0.717, 1.165) is 17.2 Å². The molecule has 0 radical (unpaired) electrons. The summed E-state index contributed by atoms with van der Waals surface area (Å²) in [4.78, 5) is 25.9. The lowest BCUT2D eigenvalue weighted by Crippen LogP contribution is -2.39. The molecule has 1 amide bonds. The average molecular weight is 386 g/mol. The van der Waals surface area contributed by atoms with E-state index in [1.165, 1.54) is 6.08 Å². The number of nitrogens with zero attached hydrogens (tertiary/aromatic N) is 1. The molecule has 1 aliphatic rings. The quantitative estimate of drug-likeness (QED) is 0.583. The number of benzene rings is 2. The van der Waals surface area contributed by atoms with Gasteiger partial charge in [0, 0.05) is 17.2 Å². The van der Waals surface area contributed by atoms with Gasteiger partial charge in [0.25, 0.3) is 5.91 Å². The van der Waals surface area contributed by atoms with Crippen LogP contribution in [0.3, 0.4) is 0 Å². The van der Waals surface area contributed by atoms with E-state index in [0.29, 0.717) is 23.0 Å². The molecule has 1 atom stereocenters. The second-order valence-corrected chi connectivity index (χ2v) is 6.56. The molecule has 0 fully saturated rings. The Bertz CT molecular complexity index is 879. The number of carbonyl (C=O) groups excluding carboxylic acids is 2. The third-order valence-corrected chi connectivity index (χ3v) is 4.42. The minimum Gasteiger partial charge on any atom is -0.481 e. The lowest BCUT2D eigenvalue weighted by molar-refractivity contribution is -0.137. The molecule has 0 spiro atoms. The average Bonchev–Trinajstić information content (AvgIpc) is 2.66. The van der Waals surface area contributed by atoms with Crippen molar-refractivity contribution in [2.24, 2.45) is 0 Å². The first-order valence-electron chi connectivity index (χ1n) is 8.67. The van der Waals surface area contributed by atoms with E-state index in [4.69, 9.17) is 21.1 Å². The van der Waals surface area contributed by atoms with Gasteiger partial charge in [-0.25, -0.2) is 4.79 Å². The summed E-state index contributed by atoms with van der Waals surface area (Å²) >= 11 is 6.19. The van der Waals surface area contributed by atoms with Crippen LogP contribution < -0.4 is 9.64 Å². The Morgan fingerprint density at radius 3 is 2.70 bits per heavy atom. The summed E-state index contributed by atoms with van der Waals surface area (Å²) in [5.41, 5.74) is 2.39. The summed E-state index contributed by atoms with van der Waals surface area (Å²) in [6.07, 6.45) is 2.03. The topological polar surface area (TPSA) is 55.8 Å². The van der Waals surface area contributed by atoms with Gasteiger partial charge in [0.05, 0.1) is 18.8 Å². The van der Waals surface area contributed by atoms with Crippen LogP contribution in [0.4, 0.5) is 5.69 Å². The van der Waals surface area contributed by atoms with Crippen molar-refractivity contribution in [3.05, 3.63) is 70.8 Å². The first-order chi connectivity index (χ1) is 13.0. The lowest BCUT2D eigenvalue weighted by Gasteiger charge is -2.35. The van der Waals surface area contributed by atoms with E-state index in [9.17, 15) is 9.59 Å². The van der Waals surface area contributed by atoms with Crippen molar-refractivity contribution < 1.29 is 19.1 Å². The highest BCUT2D eigenvalue weighted by atomic mass is 35.5. The molecular weight excluding hydrogens is 366 g/mol. The number of hydrogen-bond donors (Lipinski definition) is 0. The molecule has 0 aliphatic carbocycles. The first-order valence-corrected chi connectivity index (χ1v) is 9.05. The molecule has 3 rings (SSSR count). The van der Waals surface area contributed by atoms with Crippen molar-refractivity contribution in [2.45, 2.75) is 20.0 Å². The standard InChI is InChI=1S/C21H20ClNO4/c1-3-26-20(25)10-9-19(24)23-13-18(15-7-5-4-6-8-15)27-21-14(2)11-16(22)12-17(21)23/h4-12,18H,3,13H2,1-2H3/b10-9+. The third kappa shape index (κ3) is 4.31. The highest BCUT2D eigenvalue weighted by Crippen LogP contribution is 2.42. The van der Waals surface area contributed by atoms with Gasteiger partial charge >= 0.3 is 5.97 Å². The molecule has 1 aliphatic heterocycles. The summed E-state index contributed by atoms with van der Waals surface area (Å²) in [5.74, 6) is -0.284. The van der Waals surface area contributed by atoms with Gasteiger partial charge < -0.3 is 14.4 Å². The molecule has 6 heteroatoms. The van der Waals surface area contributed by atoms with Crippen LogP contribution in [0.1, 0.15) is 24.2 Å². The van der Waals surface area contributed by atoms with E-state index in [1.807, 2.05) is 37.3 Å². The van der Waals surface area contributed by atoms with Gasteiger partial charge in [-0.2, -0.15) is 0 Å². The van der Waals surface area contributed by atoms with Crippen molar-refractivity contribution in [3.63, 3.8) is 0 Å². The van der Waals surface area contributed by atoms with Crippen molar-refractivity contribution >= 4 is 29.2 Å². The predicted molar refractivity (Wildman–Crippen MR) is 104 cm³/mol. The van der Waals surface area contributed by atoms with E-state index >= 15 is 0 Å². The summed E-state index contributed by atoms with van der Waals surface area (Å²) in [6, 6.07) is 13.2. The normalized spacial score (nSPS) is 16.0. The van der Waals surface area contributed by atoms with Crippen molar-refractivity contribution in [1.82, 2.24) is 0 Å². The zero-order valence-electron chi connectivity index (χ0n) is 15.1. The number of halogens is 1. The van der Waals surface area contributed by atoms with Crippen LogP contribution >= 0.6 is 11.6 Å². The lowest BCUT2D eigenvalue weighted by atomic mass is 10.0. The van der Waals surface area contributed by atoms with Gasteiger partial charge in [-0.1, -0.05) is 41.9 Å². The summed E-state index contributed by atoms with van der Waals surface area (Å²) in [5, 5.41) is 0.514. The number of hydrogen-bond acceptors (Lipinski definition) is 4. The van der Waals surface area contributed by atoms with E-state index < -0.39 is 5.97 Å². The molecule has 0 saturated heterocycles. The summed E-state index contributed by atoms with van der Waals surface area (Å²) in [7, 11) is 0. The molecule has 27 heavy (non-hydrogen) atoms. The molecule has 0 N–H and O–H groups in total. The number of carbonyl (C=O) groups is 2. The number of esters is 1. The van der Waals surface area contributed by atoms with E-state index in [2.05, 4.69) is 0 Å². The number of amides is 1. The van der Waals surface area contributed by atoms with Gasteiger partial charge in [0.2, 0.25) is 0 Å². The number of fused-ring (bicyclic) bond motifs is 1. The van der Waals surface area contributed by atoms with Crippen LogP contribution in [-0.4, -0.2) is 25.0 Å². The molecule has 0 bridgehead atoms. The Kier molecular flexibility index (Phi) is 5.81. The van der Waals surface area contributed by atoms with Gasteiger partial charge in [-0.3, -0.25) is 4.79 Å². The minimum absolute atomic E-state index is 0.253. The Balaban J connectivity index is 1.96. The molecule has 0 aromatic heterocycles. The predicted octanol–water partition coefficient (Wildman–Crippen LogP) is 4.23. The second kappa shape index (κ2) is 8.27. The summed E-state index contributed by atoms with van der Waals surface area (Å²) < 4.78 is 11.0. The molecular formula is C21H20ClNO4. The van der Waals surface area contributed by atoms with E-state index in [1.54, 1.807) is 24.0 Å². The molecule has 2 aromatic carbocycles. The fourth-order valence-electron chi connectivity index (χ4n) is 2.98. The highest BCUT2D eigenvalue weighted by Gasteiger charge is 2.31. The zero-order chi connectivity index (χ0) is 19.4. The highest BCUT2D eigenvalue weighted by molar-refractivity contribution is 6.31. The largest absolute Gasteiger partial charge is 0.481 e. The van der Waals surface area contributed by atoms with Gasteiger partial charge in [-0.05, 0) is 37.1 Å². The maximum atomic E-state index is 12.8. The van der Waals surface area contributed by atoms with Crippen molar-refractivity contribution in [3.8, 4) is 5.75 Å². The van der Waals surface area contributed by atoms with Crippen LogP contribution in [0.15, 0.2) is 54.6 Å². The minimum atomic E-state index is -0.554. The van der Waals surface area contributed by atoms with E-state index in [-0.39, 0.29) is 18.6 Å². The van der Waals surface area contributed by atoms with Crippen molar-refractivity contribution in [1.29, 1.82) is 0 Å². The first kappa shape index (κ1) is 19.0. The van der Waals surface area contributed by atoms with Gasteiger partial charge in [-0.15, -0.1) is 0 Å². The number of anilines is 1.